The zero-order valence-corrected chi connectivity index (χ0v) is 12.0. The van der Waals surface area contributed by atoms with Gasteiger partial charge in [0.15, 0.2) is 0 Å². The highest BCUT2D eigenvalue weighted by molar-refractivity contribution is 5.02. The lowest BCUT2D eigenvalue weighted by atomic mass is 9.74. The predicted octanol–water partition coefficient (Wildman–Crippen LogP) is 3.93. The van der Waals surface area contributed by atoms with Crippen LogP contribution >= 0.6 is 0 Å². The van der Waals surface area contributed by atoms with Crippen LogP contribution in [0.5, 0.6) is 0 Å². The minimum Gasteiger partial charge on any atom is -0.295 e. The molecule has 1 aliphatic carbocycles. The number of hydrogen-bond donors (Lipinski definition) is 0. The first-order valence-corrected chi connectivity index (χ1v) is 6.98. The second-order valence-corrected chi connectivity index (χ2v) is 7.93. The lowest BCUT2D eigenvalue weighted by Crippen LogP contribution is -2.45. The third-order valence-electron chi connectivity index (χ3n) is 4.86. The average Bonchev–Trinajstić information content (AvgIpc) is 2.54. The maximum Gasteiger partial charge on any atom is 0.0132 e. The molecule has 0 bridgehead atoms. The maximum atomic E-state index is 2.77. The molecule has 1 heteroatoms. The Morgan fingerprint density at radius 2 is 1.50 bits per heavy atom. The fourth-order valence-corrected chi connectivity index (χ4v) is 4.19. The standard InChI is InChI=1S/C15H29N/c1-14(2,3)12-7-8-13-11(12)9-10-16(13)15(4,5)6/h11-13H,7-10H2,1-6H3. The molecule has 1 saturated carbocycles. The summed E-state index contributed by atoms with van der Waals surface area (Å²) < 4.78 is 0. The van der Waals surface area contributed by atoms with E-state index in [4.69, 9.17) is 0 Å². The third-order valence-corrected chi connectivity index (χ3v) is 4.86. The molecule has 2 fully saturated rings. The molecule has 2 rings (SSSR count). The summed E-state index contributed by atoms with van der Waals surface area (Å²) in [6.45, 7) is 15.7. The maximum absolute atomic E-state index is 2.77. The molecule has 1 nitrogen and oxygen atoms in total. The van der Waals surface area contributed by atoms with Gasteiger partial charge in [-0.05, 0) is 63.8 Å². The molecule has 1 saturated heterocycles. The quantitative estimate of drug-likeness (QED) is 0.601. The monoisotopic (exact) mass is 223 g/mol. The van der Waals surface area contributed by atoms with Gasteiger partial charge in [-0.2, -0.15) is 0 Å². The van der Waals surface area contributed by atoms with Crippen LogP contribution in [-0.4, -0.2) is 23.0 Å². The molecular weight excluding hydrogens is 194 g/mol. The van der Waals surface area contributed by atoms with Crippen LogP contribution in [0.25, 0.3) is 0 Å². The summed E-state index contributed by atoms with van der Waals surface area (Å²) in [5, 5.41) is 0. The molecule has 3 atom stereocenters. The molecule has 0 aromatic carbocycles. The van der Waals surface area contributed by atoms with E-state index in [-0.39, 0.29) is 0 Å². The summed E-state index contributed by atoms with van der Waals surface area (Å²) in [6.07, 6.45) is 4.32. The Balaban J connectivity index is 2.13. The van der Waals surface area contributed by atoms with Gasteiger partial charge in [0.1, 0.15) is 0 Å². The molecule has 1 aliphatic heterocycles. The van der Waals surface area contributed by atoms with Crippen molar-refractivity contribution in [2.75, 3.05) is 6.54 Å². The van der Waals surface area contributed by atoms with Crippen LogP contribution in [0.3, 0.4) is 0 Å². The van der Waals surface area contributed by atoms with Gasteiger partial charge < -0.3 is 0 Å². The molecule has 0 radical (unpaired) electrons. The van der Waals surface area contributed by atoms with Gasteiger partial charge in [0.2, 0.25) is 0 Å². The highest BCUT2D eigenvalue weighted by atomic mass is 15.2. The van der Waals surface area contributed by atoms with Crippen molar-refractivity contribution < 1.29 is 0 Å². The summed E-state index contributed by atoms with van der Waals surface area (Å²) in [5.41, 5.74) is 0.875. The predicted molar refractivity (Wildman–Crippen MR) is 70.5 cm³/mol. The van der Waals surface area contributed by atoms with Gasteiger partial charge in [0, 0.05) is 11.6 Å². The molecule has 2 aliphatic rings. The average molecular weight is 223 g/mol. The van der Waals surface area contributed by atoms with Crippen molar-refractivity contribution in [3.8, 4) is 0 Å². The number of hydrogen-bond acceptors (Lipinski definition) is 1. The van der Waals surface area contributed by atoms with E-state index >= 15 is 0 Å². The number of fused-ring (bicyclic) bond motifs is 1. The Hall–Kier alpha value is -0.0400. The largest absolute Gasteiger partial charge is 0.295 e. The van der Waals surface area contributed by atoms with Gasteiger partial charge in [-0.3, -0.25) is 4.90 Å². The summed E-state index contributed by atoms with van der Waals surface area (Å²) in [7, 11) is 0. The van der Waals surface area contributed by atoms with E-state index in [1.165, 1.54) is 25.8 Å². The second-order valence-electron chi connectivity index (χ2n) is 7.93. The van der Waals surface area contributed by atoms with Crippen LogP contribution in [0.4, 0.5) is 0 Å². The van der Waals surface area contributed by atoms with Gasteiger partial charge in [-0.25, -0.2) is 0 Å². The second kappa shape index (κ2) is 3.73. The lowest BCUT2D eigenvalue weighted by molar-refractivity contribution is 0.106. The van der Waals surface area contributed by atoms with E-state index in [0.29, 0.717) is 11.0 Å². The molecule has 3 unspecified atom stereocenters. The van der Waals surface area contributed by atoms with Crippen molar-refractivity contribution >= 4 is 0 Å². The van der Waals surface area contributed by atoms with Crippen molar-refractivity contribution in [1.82, 2.24) is 4.90 Å². The van der Waals surface area contributed by atoms with Gasteiger partial charge in [0.05, 0.1) is 0 Å². The Labute approximate surface area is 102 Å². The fourth-order valence-electron chi connectivity index (χ4n) is 4.19. The van der Waals surface area contributed by atoms with Crippen LogP contribution < -0.4 is 0 Å². The molecule has 0 spiro atoms. The first kappa shape index (κ1) is 12.4. The van der Waals surface area contributed by atoms with Crippen LogP contribution in [0, 0.1) is 17.3 Å². The zero-order chi connectivity index (χ0) is 12.1. The molecule has 16 heavy (non-hydrogen) atoms. The normalized spacial score (nSPS) is 36.8. The van der Waals surface area contributed by atoms with Crippen LogP contribution in [0.2, 0.25) is 0 Å². The number of rotatable bonds is 0. The van der Waals surface area contributed by atoms with Gasteiger partial charge in [0.25, 0.3) is 0 Å². The molecule has 0 aromatic rings. The number of nitrogens with zero attached hydrogens (tertiary/aromatic N) is 1. The minimum absolute atomic E-state index is 0.367. The molecule has 1 heterocycles. The Kier molecular flexibility index (Phi) is 2.89. The van der Waals surface area contributed by atoms with E-state index in [1.807, 2.05) is 0 Å². The van der Waals surface area contributed by atoms with Crippen LogP contribution in [0.15, 0.2) is 0 Å². The van der Waals surface area contributed by atoms with E-state index in [1.54, 1.807) is 0 Å². The van der Waals surface area contributed by atoms with Crippen molar-refractivity contribution in [2.24, 2.45) is 17.3 Å². The summed E-state index contributed by atoms with van der Waals surface area (Å²) in [6, 6.07) is 0.879. The zero-order valence-electron chi connectivity index (χ0n) is 12.0. The molecule has 0 amide bonds. The van der Waals surface area contributed by atoms with Crippen molar-refractivity contribution in [3.05, 3.63) is 0 Å². The smallest absolute Gasteiger partial charge is 0.0132 e. The highest BCUT2D eigenvalue weighted by Crippen LogP contribution is 2.50. The first-order chi connectivity index (χ1) is 7.21. The SMILES string of the molecule is CC(C)(C)C1CCC2C1CCN2C(C)(C)C. The Morgan fingerprint density at radius 3 is 2.00 bits per heavy atom. The fraction of sp³-hybridized carbons (Fsp3) is 1.00. The van der Waals surface area contributed by atoms with Crippen molar-refractivity contribution in [1.29, 1.82) is 0 Å². The first-order valence-electron chi connectivity index (χ1n) is 6.98. The van der Waals surface area contributed by atoms with E-state index in [0.717, 1.165) is 17.9 Å². The van der Waals surface area contributed by atoms with Crippen LogP contribution in [0.1, 0.15) is 60.8 Å². The summed E-state index contributed by atoms with van der Waals surface area (Å²) >= 11 is 0. The van der Waals surface area contributed by atoms with Crippen molar-refractivity contribution in [2.45, 2.75) is 72.4 Å². The van der Waals surface area contributed by atoms with Crippen molar-refractivity contribution in [3.63, 3.8) is 0 Å². The van der Waals surface area contributed by atoms with Crippen LogP contribution in [-0.2, 0) is 0 Å². The summed E-state index contributed by atoms with van der Waals surface area (Å²) in [4.78, 5) is 2.77. The van der Waals surface area contributed by atoms with Gasteiger partial charge in [-0.15, -0.1) is 0 Å². The third kappa shape index (κ3) is 2.03. The minimum atomic E-state index is 0.367. The number of likely N-dealkylation sites (tertiary alicyclic amines) is 1. The van der Waals surface area contributed by atoms with E-state index in [2.05, 4.69) is 46.4 Å². The molecule has 94 valence electrons. The van der Waals surface area contributed by atoms with E-state index in [9.17, 15) is 0 Å². The van der Waals surface area contributed by atoms with Gasteiger partial charge >= 0.3 is 0 Å². The Bertz CT molecular complexity index is 228. The lowest BCUT2D eigenvalue weighted by Gasteiger charge is -2.37. The summed E-state index contributed by atoms with van der Waals surface area (Å²) in [5.74, 6) is 1.92. The molecular formula is C15H29N. The van der Waals surface area contributed by atoms with E-state index < -0.39 is 0 Å². The Morgan fingerprint density at radius 1 is 0.875 bits per heavy atom. The topological polar surface area (TPSA) is 3.24 Å². The molecule has 0 N–H and O–H groups in total. The highest BCUT2D eigenvalue weighted by Gasteiger charge is 2.49. The molecule has 0 aromatic heterocycles. The van der Waals surface area contributed by atoms with Gasteiger partial charge in [-0.1, -0.05) is 20.8 Å².